The summed E-state index contributed by atoms with van der Waals surface area (Å²) in [5.41, 5.74) is 8.21. The lowest BCUT2D eigenvalue weighted by Crippen LogP contribution is -2.42. The van der Waals surface area contributed by atoms with Gasteiger partial charge in [0.25, 0.3) is 0 Å². The fourth-order valence-corrected chi connectivity index (χ4v) is 3.33. The van der Waals surface area contributed by atoms with Gasteiger partial charge in [0.05, 0.1) is 12.6 Å². The Hall–Kier alpha value is -3.23. The summed E-state index contributed by atoms with van der Waals surface area (Å²) in [7, 11) is 1.75. The molecule has 2 aromatic rings. The molecular formula is C27H41N5O3. The van der Waals surface area contributed by atoms with E-state index in [-0.39, 0.29) is 11.8 Å². The summed E-state index contributed by atoms with van der Waals surface area (Å²) in [5.74, 6) is -0.0419. The van der Waals surface area contributed by atoms with Gasteiger partial charge in [0.1, 0.15) is 0 Å². The number of hydrogen-bond acceptors (Lipinski definition) is 5. The van der Waals surface area contributed by atoms with Crippen LogP contribution in [0.5, 0.6) is 0 Å². The minimum Gasteiger partial charge on any atom is -0.355 e. The third-order valence-corrected chi connectivity index (χ3v) is 5.19. The lowest BCUT2D eigenvalue weighted by atomic mass is 10.1. The van der Waals surface area contributed by atoms with Gasteiger partial charge in [0.15, 0.2) is 0 Å². The Labute approximate surface area is 209 Å². The summed E-state index contributed by atoms with van der Waals surface area (Å²) in [5, 5.41) is 8.27. The molecule has 0 radical (unpaired) electrons. The normalized spacial score (nSPS) is 12.8. The molecule has 0 aliphatic carbocycles. The average molecular weight is 484 g/mol. The van der Waals surface area contributed by atoms with Crippen LogP contribution in [0.25, 0.3) is 0 Å². The topological polar surface area (TPSA) is 117 Å². The summed E-state index contributed by atoms with van der Waals surface area (Å²) >= 11 is 0. The third-order valence-electron chi connectivity index (χ3n) is 5.19. The number of nitrogens with two attached hydrogens (primary N) is 1. The third kappa shape index (κ3) is 14.6. The fraction of sp³-hybridized carbons (Fsp3) is 0.444. The van der Waals surface area contributed by atoms with E-state index in [0.717, 1.165) is 31.5 Å². The molecule has 1 fully saturated rings. The zero-order valence-corrected chi connectivity index (χ0v) is 21.0. The molecule has 1 saturated heterocycles. The van der Waals surface area contributed by atoms with Crippen molar-refractivity contribution in [2.45, 2.75) is 38.6 Å². The number of carbonyl (C=O) groups excluding carboxylic acids is 3. The first-order valence-electron chi connectivity index (χ1n) is 12.2. The molecule has 0 spiro atoms. The lowest BCUT2D eigenvalue weighted by Gasteiger charge is -2.12. The van der Waals surface area contributed by atoms with Gasteiger partial charge in [-0.1, -0.05) is 60.7 Å². The van der Waals surface area contributed by atoms with Crippen LogP contribution in [0.4, 0.5) is 0 Å². The van der Waals surface area contributed by atoms with Crippen LogP contribution < -0.4 is 21.7 Å². The van der Waals surface area contributed by atoms with Crippen molar-refractivity contribution in [3.63, 3.8) is 0 Å². The van der Waals surface area contributed by atoms with Gasteiger partial charge in [0.2, 0.25) is 18.2 Å². The van der Waals surface area contributed by atoms with Crippen molar-refractivity contribution in [1.82, 2.24) is 20.9 Å². The molecule has 0 aromatic heterocycles. The standard InChI is InChI=1S/C17H20N2O.C5H12N2O.C5H9NO/c18-16(13-15-9-5-2-6-10-15)17(20)19-12-11-14-7-3-1-4-8-14;1-3-7-5(8)4-6-2;7-5-6-3-1-2-4-6/h1-10,16H,11-13,18H2,(H,19,20);6H,3-4H2,1-2H3,(H,7,8);5H,1-4H2. The number of carbonyl (C=O) groups is 3. The average Bonchev–Trinajstić information content (AvgIpc) is 3.41. The van der Waals surface area contributed by atoms with E-state index in [1.54, 1.807) is 11.9 Å². The molecule has 8 nitrogen and oxygen atoms in total. The van der Waals surface area contributed by atoms with Crippen LogP contribution in [-0.4, -0.2) is 68.9 Å². The van der Waals surface area contributed by atoms with Crippen molar-refractivity contribution in [3.8, 4) is 0 Å². The maximum Gasteiger partial charge on any atom is 0.237 e. The number of likely N-dealkylation sites (N-methyl/N-ethyl adjacent to an activating group) is 2. The first-order valence-corrected chi connectivity index (χ1v) is 12.2. The predicted octanol–water partition coefficient (Wildman–Crippen LogP) is 1.50. The van der Waals surface area contributed by atoms with Gasteiger partial charge >= 0.3 is 0 Å². The van der Waals surface area contributed by atoms with Crippen LogP contribution in [0.15, 0.2) is 60.7 Å². The van der Waals surface area contributed by atoms with Crippen molar-refractivity contribution in [3.05, 3.63) is 71.8 Å². The van der Waals surface area contributed by atoms with Crippen LogP contribution in [-0.2, 0) is 27.2 Å². The van der Waals surface area contributed by atoms with Gasteiger partial charge < -0.3 is 26.6 Å². The molecule has 2 aromatic carbocycles. The Morgan fingerprint density at radius 1 is 0.971 bits per heavy atom. The highest BCUT2D eigenvalue weighted by atomic mass is 16.2. The van der Waals surface area contributed by atoms with Gasteiger partial charge in [-0.3, -0.25) is 14.4 Å². The second-order valence-electron chi connectivity index (χ2n) is 8.16. The zero-order valence-electron chi connectivity index (χ0n) is 21.0. The predicted molar refractivity (Wildman–Crippen MR) is 141 cm³/mol. The van der Waals surface area contributed by atoms with Gasteiger partial charge in [-0.05, 0) is 50.8 Å². The molecular weight excluding hydrogens is 442 g/mol. The van der Waals surface area contributed by atoms with Crippen molar-refractivity contribution in [1.29, 1.82) is 0 Å². The molecule has 1 atom stereocenters. The van der Waals surface area contributed by atoms with E-state index in [9.17, 15) is 14.4 Å². The van der Waals surface area contributed by atoms with Gasteiger partial charge in [-0.25, -0.2) is 0 Å². The highest BCUT2D eigenvalue weighted by Gasteiger charge is 2.13. The molecule has 3 rings (SSSR count). The number of rotatable bonds is 10. The van der Waals surface area contributed by atoms with Gasteiger partial charge in [-0.2, -0.15) is 0 Å². The first-order chi connectivity index (χ1) is 17.0. The van der Waals surface area contributed by atoms with Crippen LogP contribution >= 0.6 is 0 Å². The van der Waals surface area contributed by atoms with E-state index >= 15 is 0 Å². The molecule has 1 aliphatic rings. The van der Waals surface area contributed by atoms with Crippen molar-refractivity contribution < 1.29 is 14.4 Å². The number of nitrogens with zero attached hydrogens (tertiary/aromatic N) is 1. The zero-order chi connectivity index (χ0) is 25.7. The summed E-state index contributed by atoms with van der Waals surface area (Å²) in [6.45, 7) is 5.58. The monoisotopic (exact) mass is 483 g/mol. The number of likely N-dealkylation sites (tertiary alicyclic amines) is 1. The van der Waals surface area contributed by atoms with Crippen molar-refractivity contribution in [2.75, 3.05) is 39.8 Å². The van der Waals surface area contributed by atoms with E-state index < -0.39 is 6.04 Å². The summed E-state index contributed by atoms with van der Waals surface area (Å²) < 4.78 is 0. The quantitative estimate of drug-likeness (QED) is 0.382. The van der Waals surface area contributed by atoms with E-state index in [0.29, 0.717) is 26.1 Å². The molecule has 35 heavy (non-hydrogen) atoms. The van der Waals surface area contributed by atoms with Crippen LogP contribution in [0.1, 0.15) is 30.9 Å². The lowest BCUT2D eigenvalue weighted by molar-refractivity contribution is -0.122. The minimum atomic E-state index is -0.492. The Balaban J connectivity index is 0.000000334. The van der Waals surface area contributed by atoms with E-state index in [1.807, 2.05) is 55.5 Å². The van der Waals surface area contributed by atoms with E-state index in [1.165, 1.54) is 18.4 Å². The van der Waals surface area contributed by atoms with E-state index in [2.05, 4.69) is 28.1 Å². The molecule has 1 heterocycles. The molecule has 192 valence electrons. The second-order valence-corrected chi connectivity index (χ2v) is 8.16. The molecule has 1 unspecified atom stereocenters. The number of benzene rings is 2. The minimum absolute atomic E-state index is 0.0509. The summed E-state index contributed by atoms with van der Waals surface area (Å²) in [4.78, 5) is 34.1. The smallest absolute Gasteiger partial charge is 0.237 e. The van der Waals surface area contributed by atoms with E-state index in [4.69, 9.17) is 5.73 Å². The SMILES string of the molecule is CCNC(=O)CNC.NC(Cc1ccccc1)C(=O)NCCc1ccccc1.O=CN1CCCC1. The number of amides is 3. The largest absolute Gasteiger partial charge is 0.355 e. The number of hydrogen-bond donors (Lipinski definition) is 4. The molecule has 5 N–H and O–H groups in total. The Bertz CT molecular complexity index is 819. The highest BCUT2D eigenvalue weighted by Crippen LogP contribution is 2.03. The molecule has 3 amide bonds. The van der Waals surface area contributed by atoms with Crippen LogP contribution in [0.2, 0.25) is 0 Å². The Morgan fingerprint density at radius 3 is 2.03 bits per heavy atom. The van der Waals surface area contributed by atoms with Crippen molar-refractivity contribution >= 4 is 18.2 Å². The maximum absolute atomic E-state index is 11.9. The van der Waals surface area contributed by atoms with Gasteiger partial charge in [0, 0.05) is 26.2 Å². The number of nitrogens with one attached hydrogen (secondary N) is 3. The Morgan fingerprint density at radius 2 is 1.54 bits per heavy atom. The molecule has 8 heteroatoms. The van der Waals surface area contributed by atoms with Crippen LogP contribution in [0.3, 0.4) is 0 Å². The molecule has 1 aliphatic heterocycles. The fourth-order valence-electron chi connectivity index (χ4n) is 3.33. The van der Waals surface area contributed by atoms with Crippen LogP contribution in [0, 0.1) is 0 Å². The summed E-state index contributed by atoms with van der Waals surface area (Å²) in [6, 6.07) is 19.4. The Kier molecular flexibility index (Phi) is 16.3. The van der Waals surface area contributed by atoms with Gasteiger partial charge in [-0.15, -0.1) is 0 Å². The highest BCUT2D eigenvalue weighted by molar-refractivity contribution is 5.81. The van der Waals surface area contributed by atoms with Crippen molar-refractivity contribution in [2.24, 2.45) is 5.73 Å². The molecule has 0 saturated carbocycles. The maximum atomic E-state index is 11.9. The second kappa shape index (κ2) is 19.1. The first kappa shape index (κ1) is 29.8. The summed E-state index contributed by atoms with van der Waals surface area (Å²) in [6.07, 6.45) is 4.70. The molecule has 0 bridgehead atoms.